The number of hydrogen-bond acceptors (Lipinski definition) is 6. The van der Waals surface area contributed by atoms with Crippen LogP contribution in [-0.4, -0.2) is 74.9 Å². The second-order valence-electron chi connectivity index (χ2n) is 11.5. The maximum absolute atomic E-state index is 6.27. The number of hydrogen-bond donors (Lipinski definition) is 0. The van der Waals surface area contributed by atoms with Gasteiger partial charge in [-0.2, -0.15) is 5.10 Å². The molecule has 0 amide bonds. The van der Waals surface area contributed by atoms with Crippen molar-refractivity contribution in [2.75, 3.05) is 33.3 Å². The Bertz CT molecular complexity index is 1440. The minimum atomic E-state index is 0.738. The molecule has 0 N–H and O–H groups in total. The highest BCUT2D eigenvalue weighted by Crippen LogP contribution is 2.40. The first-order valence-corrected chi connectivity index (χ1v) is 14.7. The van der Waals surface area contributed by atoms with Crippen LogP contribution in [0, 0.1) is 0 Å². The molecule has 5 heterocycles. The molecular weight excluding hydrogens is 484 g/mol. The van der Waals surface area contributed by atoms with Crippen LogP contribution in [0.2, 0.25) is 0 Å². The number of likely N-dealkylation sites (tertiary alicyclic amines) is 1. The van der Waals surface area contributed by atoms with Crippen molar-refractivity contribution in [1.29, 1.82) is 0 Å². The van der Waals surface area contributed by atoms with Crippen molar-refractivity contribution in [2.45, 2.75) is 63.6 Å². The fourth-order valence-corrected chi connectivity index (χ4v) is 6.57. The largest absolute Gasteiger partial charge is 0.493 e. The number of aryl methyl sites for hydroxylation is 1. The Kier molecular flexibility index (Phi) is 6.79. The van der Waals surface area contributed by atoms with Crippen LogP contribution in [0.5, 0.6) is 5.75 Å². The number of pyridine rings is 2. The molecule has 0 unspecified atom stereocenters. The summed E-state index contributed by atoms with van der Waals surface area (Å²) in [5.41, 5.74) is 6.51. The van der Waals surface area contributed by atoms with E-state index in [1.807, 2.05) is 30.6 Å². The molecule has 1 aromatic carbocycles. The molecule has 0 spiro atoms. The number of benzene rings is 1. The maximum atomic E-state index is 6.27. The van der Waals surface area contributed by atoms with Crippen LogP contribution in [0.1, 0.15) is 44.2 Å². The lowest BCUT2D eigenvalue weighted by Crippen LogP contribution is -2.45. The van der Waals surface area contributed by atoms with Crippen molar-refractivity contribution in [1.82, 2.24) is 29.5 Å². The molecule has 3 aliphatic rings. The third-order valence-electron chi connectivity index (χ3n) is 8.73. The van der Waals surface area contributed by atoms with Crippen molar-refractivity contribution < 1.29 is 4.74 Å². The van der Waals surface area contributed by atoms with Gasteiger partial charge in [-0.05, 0) is 101 Å². The number of nitrogens with zero attached hydrogens (tertiary/aromatic N) is 6. The van der Waals surface area contributed by atoms with Gasteiger partial charge in [0, 0.05) is 60.3 Å². The van der Waals surface area contributed by atoms with Crippen molar-refractivity contribution in [2.24, 2.45) is 0 Å². The monoisotopic (exact) mass is 522 g/mol. The highest BCUT2D eigenvalue weighted by atomic mass is 16.5. The number of ether oxygens (including phenoxy) is 1. The van der Waals surface area contributed by atoms with E-state index in [1.165, 1.54) is 55.6 Å². The average molecular weight is 523 g/mol. The van der Waals surface area contributed by atoms with Gasteiger partial charge in [-0.1, -0.05) is 6.07 Å². The van der Waals surface area contributed by atoms with E-state index in [4.69, 9.17) is 14.8 Å². The van der Waals surface area contributed by atoms with E-state index in [-0.39, 0.29) is 0 Å². The highest BCUT2D eigenvalue weighted by molar-refractivity contribution is 5.99. The average Bonchev–Trinajstić information content (AvgIpc) is 3.60. The van der Waals surface area contributed by atoms with Gasteiger partial charge in [0.25, 0.3) is 0 Å². The molecule has 1 saturated heterocycles. The second-order valence-corrected chi connectivity index (χ2v) is 11.5. The zero-order valence-electron chi connectivity index (χ0n) is 22.9. The summed E-state index contributed by atoms with van der Waals surface area (Å²) in [5, 5.41) is 6.11. The van der Waals surface area contributed by atoms with Crippen LogP contribution < -0.4 is 4.74 Å². The van der Waals surface area contributed by atoms with E-state index >= 15 is 0 Å². The van der Waals surface area contributed by atoms with E-state index in [0.717, 1.165) is 79.1 Å². The van der Waals surface area contributed by atoms with Crippen LogP contribution in [-0.2, 0) is 13.0 Å². The summed E-state index contributed by atoms with van der Waals surface area (Å²) in [6.07, 6.45) is 12.3. The predicted octanol–water partition coefficient (Wildman–Crippen LogP) is 5.43. The molecule has 202 valence electrons. The zero-order chi connectivity index (χ0) is 26.2. The third kappa shape index (κ3) is 5.06. The molecule has 7 heteroatoms. The number of rotatable bonds is 9. The lowest BCUT2D eigenvalue weighted by Gasteiger charge is -2.37. The number of piperidine rings is 1. The number of fused-ring (bicyclic) bond motifs is 2. The molecule has 1 saturated carbocycles. The topological polar surface area (TPSA) is 59.3 Å². The van der Waals surface area contributed by atoms with Crippen molar-refractivity contribution in [3.8, 4) is 28.3 Å². The molecule has 1 aliphatic carbocycles. The molecule has 0 bridgehead atoms. The minimum absolute atomic E-state index is 0.738. The van der Waals surface area contributed by atoms with Crippen molar-refractivity contribution in [3.63, 3.8) is 0 Å². The summed E-state index contributed by atoms with van der Waals surface area (Å²) in [6.45, 7) is 5.29. The molecule has 39 heavy (non-hydrogen) atoms. The predicted molar refractivity (Wildman–Crippen MR) is 155 cm³/mol. The summed E-state index contributed by atoms with van der Waals surface area (Å²) in [5.74, 6) is 0.898. The summed E-state index contributed by atoms with van der Waals surface area (Å²) in [4.78, 5) is 14.6. The molecule has 0 radical (unpaired) electrons. The normalized spacial score (nSPS) is 18.2. The van der Waals surface area contributed by atoms with Crippen LogP contribution in [0.4, 0.5) is 0 Å². The van der Waals surface area contributed by atoms with Gasteiger partial charge in [0.15, 0.2) is 0 Å². The van der Waals surface area contributed by atoms with Gasteiger partial charge in [0.1, 0.15) is 11.4 Å². The van der Waals surface area contributed by atoms with E-state index in [1.54, 1.807) is 0 Å². The van der Waals surface area contributed by atoms with Gasteiger partial charge in [0.2, 0.25) is 0 Å². The van der Waals surface area contributed by atoms with Crippen LogP contribution in [0.25, 0.3) is 33.4 Å². The van der Waals surface area contributed by atoms with E-state index in [9.17, 15) is 0 Å². The minimum Gasteiger partial charge on any atom is -0.493 e. The summed E-state index contributed by atoms with van der Waals surface area (Å²) < 4.78 is 8.43. The molecular formula is C32H38N6O. The van der Waals surface area contributed by atoms with Gasteiger partial charge >= 0.3 is 0 Å². The lowest BCUT2D eigenvalue weighted by molar-refractivity contribution is 0.107. The van der Waals surface area contributed by atoms with Gasteiger partial charge in [-0.15, -0.1) is 0 Å². The first-order chi connectivity index (χ1) is 19.2. The summed E-state index contributed by atoms with van der Waals surface area (Å²) in [7, 11) is 2.24. The molecule has 0 atom stereocenters. The maximum Gasteiger partial charge on any atom is 0.121 e. The fraction of sp³-hybridized carbons (Fsp3) is 0.469. The first-order valence-electron chi connectivity index (χ1n) is 14.7. The van der Waals surface area contributed by atoms with Gasteiger partial charge < -0.3 is 9.64 Å². The Balaban J connectivity index is 1.08. The SMILES string of the molecule is CN1CCC(N(CCCOc2ccc3c(-c4c(-c5ccccn5)nn5c4CCC5)ccnc3c2)C2CC2)CC1. The molecule has 7 nitrogen and oxygen atoms in total. The second kappa shape index (κ2) is 10.7. The molecule has 2 fully saturated rings. The highest BCUT2D eigenvalue weighted by Gasteiger charge is 2.34. The molecule has 4 aromatic rings. The van der Waals surface area contributed by atoms with Gasteiger partial charge in [-0.3, -0.25) is 19.5 Å². The van der Waals surface area contributed by atoms with Crippen molar-refractivity contribution in [3.05, 3.63) is 60.6 Å². The van der Waals surface area contributed by atoms with Gasteiger partial charge in [-0.25, -0.2) is 0 Å². The molecule has 3 aromatic heterocycles. The van der Waals surface area contributed by atoms with Crippen LogP contribution >= 0.6 is 0 Å². The standard InChI is InChI=1S/C32H38N6O/c1-36-19-13-24(14-20-36)37(23-8-9-23)17-5-21-39-25-10-11-26-27(12-16-34-29(26)22-25)31-30-7-4-18-38(30)35-32(31)28-6-2-3-15-33-28/h2-3,6,10-12,15-16,22-24H,4-5,7-9,13-14,17-21H2,1H3. The first kappa shape index (κ1) is 24.7. The van der Waals surface area contributed by atoms with Crippen LogP contribution in [0.15, 0.2) is 54.9 Å². The van der Waals surface area contributed by atoms with E-state index in [0.29, 0.717) is 0 Å². The van der Waals surface area contributed by atoms with Crippen molar-refractivity contribution >= 4 is 10.9 Å². The Morgan fingerprint density at radius 2 is 1.82 bits per heavy atom. The van der Waals surface area contributed by atoms with E-state index < -0.39 is 0 Å². The third-order valence-corrected chi connectivity index (χ3v) is 8.73. The smallest absolute Gasteiger partial charge is 0.121 e. The van der Waals surface area contributed by atoms with Crippen LogP contribution in [0.3, 0.4) is 0 Å². The summed E-state index contributed by atoms with van der Waals surface area (Å²) in [6, 6.07) is 16.1. The lowest BCUT2D eigenvalue weighted by atomic mass is 9.96. The van der Waals surface area contributed by atoms with Gasteiger partial charge in [0.05, 0.1) is 17.8 Å². The Labute approximate surface area is 230 Å². The summed E-state index contributed by atoms with van der Waals surface area (Å²) >= 11 is 0. The zero-order valence-corrected chi connectivity index (χ0v) is 22.9. The number of aromatic nitrogens is 4. The Morgan fingerprint density at radius 1 is 0.949 bits per heavy atom. The quantitative estimate of drug-likeness (QED) is 0.273. The fourth-order valence-electron chi connectivity index (χ4n) is 6.57. The molecule has 7 rings (SSSR count). The Hall–Kier alpha value is -3.29. The molecule has 2 aliphatic heterocycles. The Morgan fingerprint density at radius 3 is 2.64 bits per heavy atom. The van der Waals surface area contributed by atoms with E-state index in [2.05, 4.69) is 50.8 Å².